The third-order valence-electron chi connectivity index (χ3n) is 4.81. The monoisotopic (exact) mass is 434 g/mol. The Morgan fingerprint density at radius 2 is 1.90 bits per heavy atom. The van der Waals surface area contributed by atoms with Crippen molar-refractivity contribution in [1.82, 2.24) is 25.6 Å². The Morgan fingerprint density at radius 3 is 2.50 bits per heavy atom. The van der Waals surface area contributed by atoms with Crippen LogP contribution in [0.15, 0.2) is 23.4 Å². The van der Waals surface area contributed by atoms with E-state index in [1.807, 2.05) is 5.32 Å². The summed E-state index contributed by atoms with van der Waals surface area (Å²) in [4.78, 5) is 29.2. The van der Waals surface area contributed by atoms with E-state index in [0.717, 1.165) is 19.1 Å². The molecule has 3 amide bonds. The zero-order valence-electron chi connectivity index (χ0n) is 16.0. The smallest absolute Gasteiger partial charge is 0.341 e. The SMILES string of the molecule is C[C@@H]1CN2NCC(C(=O)N[C@H](C)C(F)(F)F)=C2CN1C(=O)Nc1cc(F)nc(F)c1. The molecule has 0 aliphatic carbocycles. The van der Waals surface area contributed by atoms with Crippen molar-refractivity contribution in [3.05, 3.63) is 35.3 Å². The van der Waals surface area contributed by atoms with Gasteiger partial charge in [0.05, 0.1) is 36.1 Å². The van der Waals surface area contributed by atoms with Gasteiger partial charge in [0.1, 0.15) is 6.04 Å². The van der Waals surface area contributed by atoms with E-state index in [1.165, 1.54) is 4.90 Å². The van der Waals surface area contributed by atoms with E-state index >= 15 is 0 Å². The maximum atomic E-state index is 13.2. The number of hydrazine groups is 1. The quantitative estimate of drug-likeness (QED) is 0.498. The molecule has 3 rings (SSSR count). The number of nitrogens with one attached hydrogen (secondary N) is 3. The molecule has 0 radical (unpaired) electrons. The number of rotatable bonds is 3. The maximum absolute atomic E-state index is 13.2. The number of amides is 3. The predicted octanol–water partition coefficient (Wildman–Crippen LogP) is 1.74. The average Bonchev–Trinajstić information content (AvgIpc) is 3.01. The number of fused-ring (bicyclic) bond motifs is 1. The number of carbonyl (C=O) groups excluding carboxylic acids is 2. The Bertz CT molecular complexity index is 870. The Hall–Kier alpha value is -2.96. The maximum Gasteiger partial charge on any atom is 0.408 e. The molecular weight excluding hydrogens is 415 g/mol. The molecule has 3 N–H and O–H groups in total. The van der Waals surface area contributed by atoms with E-state index in [1.54, 1.807) is 11.9 Å². The fourth-order valence-corrected chi connectivity index (χ4v) is 3.15. The van der Waals surface area contributed by atoms with Gasteiger partial charge in [-0.1, -0.05) is 0 Å². The van der Waals surface area contributed by atoms with Crippen molar-refractivity contribution in [2.45, 2.75) is 32.1 Å². The number of hydrogen-bond donors (Lipinski definition) is 3. The molecular formula is C17H19F5N6O2. The summed E-state index contributed by atoms with van der Waals surface area (Å²) >= 11 is 0. The zero-order chi connectivity index (χ0) is 22.2. The van der Waals surface area contributed by atoms with Gasteiger partial charge in [0.25, 0.3) is 5.91 Å². The van der Waals surface area contributed by atoms with Crippen LogP contribution in [0, 0.1) is 11.9 Å². The molecule has 1 aromatic heterocycles. The lowest BCUT2D eigenvalue weighted by molar-refractivity contribution is -0.156. The van der Waals surface area contributed by atoms with Crippen molar-refractivity contribution < 1.29 is 31.5 Å². The van der Waals surface area contributed by atoms with Gasteiger partial charge in [0, 0.05) is 18.7 Å². The van der Waals surface area contributed by atoms with Crippen LogP contribution in [0.1, 0.15) is 13.8 Å². The molecule has 13 heteroatoms. The van der Waals surface area contributed by atoms with Gasteiger partial charge >= 0.3 is 12.2 Å². The Labute approximate surface area is 168 Å². The minimum Gasteiger partial charge on any atom is -0.341 e. The van der Waals surface area contributed by atoms with Crippen LogP contribution in [0.25, 0.3) is 0 Å². The molecule has 0 spiro atoms. The molecule has 2 atom stereocenters. The van der Waals surface area contributed by atoms with E-state index < -0.39 is 36.1 Å². The number of hydrogen-bond acceptors (Lipinski definition) is 5. The van der Waals surface area contributed by atoms with E-state index in [0.29, 0.717) is 5.70 Å². The van der Waals surface area contributed by atoms with Crippen LogP contribution >= 0.6 is 0 Å². The summed E-state index contributed by atoms with van der Waals surface area (Å²) in [5, 5.41) is 5.87. The van der Waals surface area contributed by atoms with Crippen LogP contribution in [-0.4, -0.2) is 64.7 Å². The largest absolute Gasteiger partial charge is 0.408 e. The highest BCUT2D eigenvalue weighted by molar-refractivity contribution is 5.96. The zero-order valence-corrected chi connectivity index (χ0v) is 16.0. The molecule has 1 aromatic rings. The molecule has 8 nitrogen and oxygen atoms in total. The van der Waals surface area contributed by atoms with Gasteiger partial charge < -0.3 is 20.5 Å². The second kappa shape index (κ2) is 8.05. The summed E-state index contributed by atoms with van der Waals surface area (Å²) in [7, 11) is 0. The van der Waals surface area contributed by atoms with Crippen LogP contribution in [0.4, 0.5) is 32.4 Å². The van der Waals surface area contributed by atoms with E-state index in [4.69, 9.17) is 0 Å². The van der Waals surface area contributed by atoms with Crippen molar-refractivity contribution in [3.8, 4) is 0 Å². The molecule has 164 valence electrons. The number of carbonyl (C=O) groups is 2. The lowest BCUT2D eigenvalue weighted by Gasteiger charge is -2.40. The van der Waals surface area contributed by atoms with Gasteiger partial charge in [0.15, 0.2) is 0 Å². The third kappa shape index (κ3) is 4.61. The number of nitrogens with zero attached hydrogens (tertiary/aromatic N) is 3. The number of pyridine rings is 1. The Balaban J connectivity index is 1.76. The number of urea groups is 1. The Kier molecular flexibility index (Phi) is 5.83. The molecule has 1 fully saturated rings. The average molecular weight is 434 g/mol. The summed E-state index contributed by atoms with van der Waals surface area (Å²) in [6.45, 7) is 2.73. The number of piperazine rings is 1. The fraction of sp³-hybridized carbons (Fsp3) is 0.471. The number of halogens is 5. The van der Waals surface area contributed by atoms with Crippen LogP contribution < -0.4 is 16.1 Å². The van der Waals surface area contributed by atoms with E-state index in [-0.39, 0.29) is 36.9 Å². The van der Waals surface area contributed by atoms with Crippen molar-refractivity contribution in [2.24, 2.45) is 0 Å². The second-order valence-corrected chi connectivity index (χ2v) is 7.02. The lowest BCUT2D eigenvalue weighted by atomic mass is 10.1. The summed E-state index contributed by atoms with van der Waals surface area (Å²) in [5.74, 6) is -3.11. The first-order valence-corrected chi connectivity index (χ1v) is 8.97. The first-order chi connectivity index (χ1) is 14.0. The van der Waals surface area contributed by atoms with E-state index in [2.05, 4.69) is 15.7 Å². The van der Waals surface area contributed by atoms with Crippen molar-refractivity contribution in [1.29, 1.82) is 0 Å². The first-order valence-electron chi connectivity index (χ1n) is 8.97. The van der Waals surface area contributed by atoms with Gasteiger partial charge in [-0.3, -0.25) is 4.79 Å². The minimum absolute atomic E-state index is 0.00863. The second-order valence-electron chi connectivity index (χ2n) is 7.02. The molecule has 30 heavy (non-hydrogen) atoms. The van der Waals surface area contributed by atoms with E-state index in [9.17, 15) is 31.5 Å². The molecule has 1 saturated heterocycles. The highest BCUT2D eigenvalue weighted by atomic mass is 19.4. The van der Waals surface area contributed by atoms with Crippen molar-refractivity contribution in [2.75, 3.05) is 25.0 Å². The first kappa shape index (κ1) is 21.7. The molecule has 3 heterocycles. The topological polar surface area (TPSA) is 89.6 Å². The van der Waals surface area contributed by atoms with Gasteiger partial charge in [-0.15, -0.1) is 0 Å². The Morgan fingerprint density at radius 1 is 1.27 bits per heavy atom. The van der Waals surface area contributed by atoms with Crippen molar-refractivity contribution >= 4 is 17.6 Å². The molecule has 0 unspecified atom stereocenters. The van der Waals surface area contributed by atoms with Gasteiger partial charge in [-0.05, 0) is 13.8 Å². The lowest BCUT2D eigenvalue weighted by Crippen LogP contribution is -2.55. The normalized spacial score (nSPS) is 20.2. The summed E-state index contributed by atoms with van der Waals surface area (Å²) in [6.07, 6.45) is -4.59. The van der Waals surface area contributed by atoms with Crippen LogP contribution in [-0.2, 0) is 4.79 Å². The molecule has 0 saturated carbocycles. The molecule has 2 aliphatic heterocycles. The highest BCUT2D eigenvalue weighted by Gasteiger charge is 2.40. The summed E-state index contributed by atoms with van der Waals surface area (Å²) in [5.41, 5.74) is 3.19. The molecule has 0 bridgehead atoms. The van der Waals surface area contributed by atoms with Gasteiger partial charge in [0.2, 0.25) is 11.9 Å². The number of anilines is 1. The minimum atomic E-state index is -4.59. The van der Waals surface area contributed by atoms with Gasteiger partial charge in [-0.25, -0.2) is 10.2 Å². The van der Waals surface area contributed by atoms with Crippen LogP contribution in [0.2, 0.25) is 0 Å². The molecule has 0 aromatic carbocycles. The van der Waals surface area contributed by atoms with Crippen LogP contribution in [0.5, 0.6) is 0 Å². The summed E-state index contributed by atoms with van der Waals surface area (Å²) < 4.78 is 64.7. The highest BCUT2D eigenvalue weighted by Crippen LogP contribution is 2.26. The number of alkyl halides is 3. The predicted molar refractivity (Wildman–Crippen MR) is 94.7 cm³/mol. The fourth-order valence-electron chi connectivity index (χ4n) is 3.15. The van der Waals surface area contributed by atoms with Gasteiger partial charge in [-0.2, -0.15) is 26.9 Å². The van der Waals surface area contributed by atoms with Crippen LogP contribution in [0.3, 0.4) is 0 Å². The van der Waals surface area contributed by atoms with Crippen molar-refractivity contribution in [3.63, 3.8) is 0 Å². The standard InChI is InChI=1S/C17H19F5N6O2/c1-8-6-28-12(11(5-23-28)15(29)24-9(2)17(20,21)22)7-27(8)16(30)25-10-3-13(18)26-14(19)4-10/h3-4,8-9,23H,5-7H2,1-2H3,(H,24,29)(H,25,26,30)/t8-,9-/m1/s1. The summed E-state index contributed by atoms with van der Waals surface area (Å²) in [6, 6.07) is -1.40. The molecule has 2 aliphatic rings. The third-order valence-corrected chi connectivity index (χ3v) is 4.81. The number of aromatic nitrogens is 1.